The number of methoxy groups -OCH3 is 1. The second kappa shape index (κ2) is 9.96. The van der Waals surface area contributed by atoms with E-state index in [9.17, 15) is 9.59 Å². The molecular weight excluding hydrogens is 348 g/mol. The summed E-state index contributed by atoms with van der Waals surface area (Å²) in [5, 5.41) is 2.61. The van der Waals surface area contributed by atoms with Gasteiger partial charge in [0.2, 0.25) is 5.91 Å². The number of pyridine rings is 1. The van der Waals surface area contributed by atoms with Crippen LogP contribution in [0.25, 0.3) is 6.08 Å². The molecule has 0 atom stereocenters. The molecule has 1 aromatic carbocycles. The normalized spacial score (nSPS) is 10.5. The van der Waals surface area contributed by atoms with Crippen LogP contribution in [0.5, 0.6) is 11.5 Å². The SMILES string of the molecule is CCOC(=O)c1ccnc(NC(=O)/C=C/c2ccc(OCC)c(OC)c2)c1. The Labute approximate surface area is 158 Å². The molecule has 0 aliphatic heterocycles. The number of aromatic nitrogens is 1. The number of benzene rings is 1. The summed E-state index contributed by atoms with van der Waals surface area (Å²) < 4.78 is 15.7. The van der Waals surface area contributed by atoms with Gasteiger partial charge in [0.25, 0.3) is 0 Å². The lowest BCUT2D eigenvalue weighted by Gasteiger charge is -2.09. The number of nitrogens with zero attached hydrogens (tertiary/aromatic N) is 1. The van der Waals surface area contributed by atoms with Gasteiger partial charge in [-0.05, 0) is 49.8 Å². The van der Waals surface area contributed by atoms with Crippen molar-refractivity contribution in [1.29, 1.82) is 0 Å². The van der Waals surface area contributed by atoms with E-state index in [-0.39, 0.29) is 18.3 Å². The Bertz CT molecular complexity index is 833. The third-order valence-electron chi connectivity index (χ3n) is 3.44. The molecule has 2 aromatic rings. The maximum absolute atomic E-state index is 12.1. The number of carbonyl (C=O) groups is 2. The minimum absolute atomic E-state index is 0.263. The molecule has 0 fully saturated rings. The van der Waals surface area contributed by atoms with Crippen LogP contribution in [-0.2, 0) is 9.53 Å². The van der Waals surface area contributed by atoms with Crippen LogP contribution in [0, 0.1) is 0 Å². The molecule has 0 aliphatic rings. The molecule has 1 amide bonds. The number of carbonyl (C=O) groups excluding carboxylic acids is 2. The number of nitrogens with one attached hydrogen (secondary N) is 1. The Balaban J connectivity index is 2.05. The first-order valence-corrected chi connectivity index (χ1v) is 8.50. The number of ether oxygens (including phenoxy) is 3. The maximum Gasteiger partial charge on any atom is 0.338 e. The first kappa shape index (κ1) is 20.0. The Hall–Kier alpha value is -3.35. The number of hydrogen-bond acceptors (Lipinski definition) is 6. The molecule has 0 radical (unpaired) electrons. The van der Waals surface area contributed by atoms with Gasteiger partial charge in [-0.1, -0.05) is 6.07 Å². The second-order valence-electron chi connectivity index (χ2n) is 5.32. The highest BCUT2D eigenvalue weighted by Crippen LogP contribution is 2.28. The van der Waals surface area contributed by atoms with E-state index < -0.39 is 5.97 Å². The van der Waals surface area contributed by atoms with E-state index >= 15 is 0 Å². The molecule has 7 heteroatoms. The van der Waals surface area contributed by atoms with Crippen molar-refractivity contribution in [2.24, 2.45) is 0 Å². The van der Waals surface area contributed by atoms with E-state index in [0.717, 1.165) is 5.56 Å². The maximum atomic E-state index is 12.1. The highest BCUT2D eigenvalue weighted by atomic mass is 16.5. The Morgan fingerprint density at radius 3 is 2.63 bits per heavy atom. The van der Waals surface area contributed by atoms with Crippen molar-refractivity contribution in [2.75, 3.05) is 25.6 Å². The summed E-state index contributed by atoms with van der Waals surface area (Å²) in [7, 11) is 1.56. The summed E-state index contributed by atoms with van der Waals surface area (Å²) in [5.74, 6) is 0.646. The van der Waals surface area contributed by atoms with Crippen LogP contribution >= 0.6 is 0 Å². The Morgan fingerprint density at radius 2 is 1.93 bits per heavy atom. The summed E-state index contributed by atoms with van der Waals surface area (Å²) in [4.78, 5) is 27.9. The average Bonchev–Trinajstić information content (AvgIpc) is 2.67. The van der Waals surface area contributed by atoms with Crippen LogP contribution in [-0.4, -0.2) is 37.2 Å². The lowest BCUT2D eigenvalue weighted by Crippen LogP contribution is -2.11. The zero-order chi connectivity index (χ0) is 19.6. The molecule has 0 aliphatic carbocycles. The van der Waals surface area contributed by atoms with E-state index in [4.69, 9.17) is 14.2 Å². The van der Waals surface area contributed by atoms with Crippen molar-refractivity contribution in [3.05, 3.63) is 53.7 Å². The topological polar surface area (TPSA) is 86.8 Å². The smallest absolute Gasteiger partial charge is 0.338 e. The summed E-state index contributed by atoms with van der Waals surface area (Å²) in [6.45, 7) is 4.42. The van der Waals surface area contributed by atoms with Gasteiger partial charge in [0.1, 0.15) is 5.82 Å². The highest BCUT2D eigenvalue weighted by molar-refractivity contribution is 6.02. The predicted octanol–water partition coefficient (Wildman–Crippen LogP) is 3.32. The standard InChI is InChI=1S/C20H22N2O5/c1-4-26-16-8-6-14(12-17(16)25-3)7-9-19(23)22-18-13-15(10-11-21-18)20(24)27-5-2/h6-13H,4-5H2,1-3H3,(H,21,22,23)/b9-7+. The van der Waals surface area contributed by atoms with E-state index in [1.165, 1.54) is 24.4 Å². The Kier molecular flexibility index (Phi) is 7.37. The lowest BCUT2D eigenvalue weighted by molar-refractivity contribution is -0.111. The number of hydrogen-bond donors (Lipinski definition) is 1. The van der Waals surface area contributed by atoms with E-state index in [1.54, 1.807) is 32.2 Å². The molecule has 0 saturated heterocycles. The minimum atomic E-state index is -0.465. The zero-order valence-electron chi connectivity index (χ0n) is 15.5. The number of rotatable bonds is 8. The molecular formula is C20H22N2O5. The van der Waals surface area contributed by atoms with E-state index in [2.05, 4.69) is 10.3 Å². The number of amides is 1. The van der Waals surface area contributed by atoms with Gasteiger partial charge in [0, 0.05) is 12.3 Å². The Morgan fingerprint density at radius 1 is 1.11 bits per heavy atom. The lowest BCUT2D eigenvalue weighted by atomic mass is 10.2. The van der Waals surface area contributed by atoms with Crippen LogP contribution in [0.3, 0.4) is 0 Å². The molecule has 1 heterocycles. The molecule has 7 nitrogen and oxygen atoms in total. The monoisotopic (exact) mass is 370 g/mol. The molecule has 142 valence electrons. The van der Waals surface area contributed by atoms with Crippen molar-refractivity contribution in [3.8, 4) is 11.5 Å². The molecule has 1 N–H and O–H groups in total. The summed E-state index contributed by atoms with van der Waals surface area (Å²) in [6, 6.07) is 8.36. The van der Waals surface area contributed by atoms with E-state index in [0.29, 0.717) is 23.7 Å². The van der Waals surface area contributed by atoms with Crippen molar-refractivity contribution in [1.82, 2.24) is 4.98 Å². The third-order valence-corrected chi connectivity index (χ3v) is 3.44. The summed E-state index contributed by atoms with van der Waals surface area (Å²) in [5.41, 5.74) is 1.10. The fourth-order valence-electron chi connectivity index (χ4n) is 2.24. The van der Waals surface area contributed by atoms with Crippen molar-refractivity contribution >= 4 is 23.8 Å². The first-order valence-electron chi connectivity index (χ1n) is 8.50. The van der Waals surface area contributed by atoms with Gasteiger partial charge in [0.15, 0.2) is 11.5 Å². The molecule has 0 unspecified atom stereocenters. The second-order valence-corrected chi connectivity index (χ2v) is 5.32. The van der Waals surface area contributed by atoms with Gasteiger partial charge in [-0.3, -0.25) is 4.79 Å². The van der Waals surface area contributed by atoms with Gasteiger partial charge >= 0.3 is 5.97 Å². The van der Waals surface area contributed by atoms with Gasteiger partial charge < -0.3 is 19.5 Å². The van der Waals surface area contributed by atoms with Crippen molar-refractivity contribution < 1.29 is 23.8 Å². The van der Waals surface area contributed by atoms with Crippen molar-refractivity contribution in [3.63, 3.8) is 0 Å². The van der Waals surface area contributed by atoms with E-state index in [1.807, 2.05) is 13.0 Å². The third kappa shape index (κ3) is 5.85. The number of anilines is 1. The average molecular weight is 370 g/mol. The van der Waals surface area contributed by atoms with Crippen LogP contribution in [0.4, 0.5) is 5.82 Å². The predicted molar refractivity (Wildman–Crippen MR) is 102 cm³/mol. The van der Waals surface area contributed by atoms with Crippen LogP contribution in [0.2, 0.25) is 0 Å². The first-order chi connectivity index (χ1) is 13.1. The molecule has 0 saturated carbocycles. The van der Waals surface area contributed by atoms with Crippen LogP contribution < -0.4 is 14.8 Å². The van der Waals surface area contributed by atoms with Crippen LogP contribution in [0.15, 0.2) is 42.6 Å². The van der Waals surface area contributed by atoms with Gasteiger partial charge in [-0.15, -0.1) is 0 Å². The molecule has 2 rings (SSSR count). The summed E-state index contributed by atoms with van der Waals surface area (Å²) in [6.07, 6.45) is 4.44. The molecule has 1 aromatic heterocycles. The fraction of sp³-hybridized carbons (Fsp3) is 0.250. The van der Waals surface area contributed by atoms with Gasteiger partial charge in [0.05, 0.1) is 25.9 Å². The molecule has 0 bridgehead atoms. The quantitative estimate of drug-likeness (QED) is 0.567. The zero-order valence-corrected chi connectivity index (χ0v) is 15.5. The van der Waals surface area contributed by atoms with Crippen molar-refractivity contribution in [2.45, 2.75) is 13.8 Å². The van der Waals surface area contributed by atoms with Crippen LogP contribution in [0.1, 0.15) is 29.8 Å². The number of esters is 1. The van der Waals surface area contributed by atoms with Gasteiger partial charge in [-0.25, -0.2) is 9.78 Å². The molecule has 0 spiro atoms. The molecule has 27 heavy (non-hydrogen) atoms. The fourth-order valence-corrected chi connectivity index (χ4v) is 2.24. The summed E-state index contributed by atoms with van der Waals surface area (Å²) >= 11 is 0. The highest BCUT2D eigenvalue weighted by Gasteiger charge is 2.09. The largest absolute Gasteiger partial charge is 0.493 e. The minimum Gasteiger partial charge on any atom is -0.493 e. The van der Waals surface area contributed by atoms with Gasteiger partial charge in [-0.2, -0.15) is 0 Å².